The van der Waals surface area contributed by atoms with Crippen molar-refractivity contribution in [3.8, 4) is 0 Å². The van der Waals surface area contributed by atoms with Crippen molar-refractivity contribution < 1.29 is 4.79 Å². The molecule has 0 aliphatic carbocycles. The van der Waals surface area contributed by atoms with Gasteiger partial charge in [-0.15, -0.1) is 0 Å². The van der Waals surface area contributed by atoms with Crippen LogP contribution in [0.5, 0.6) is 0 Å². The fourth-order valence-corrected chi connectivity index (χ4v) is 2.43. The lowest BCUT2D eigenvalue weighted by molar-refractivity contribution is 0.0740. The Labute approximate surface area is 127 Å². The van der Waals surface area contributed by atoms with E-state index in [1.165, 1.54) is 12.4 Å². The molecule has 108 valence electrons. The summed E-state index contributed by atoms with van der Waals surface area (Å²) >= 11 is 5.77. The third-order valence-corrected chi connectivity index (χ3v) is 3.55. The van der Waals surface area contributed by atoms with Crippen molar-refractivity contribution in [3.05, 3.63) is 47.6 Å². The van der Waals surface area contributed by atoms with Crippen molar-refractivity contribution >= 4 is 23.3 Å². The van der Waals surface area contributed by atoms with E-state index in [9.17, 15) is 4.79 Å². The van der Waals surface area contributed by atoms with Gasteiger partial charge in [-0.25, -0.2) is 9.97 Å². The predicted octanol–water partition coefficient (Wildman–Crippen LogP) is 1.49. The highest BCUT2D eigenvalue weighted by Gasteiger charge is 2.23. The van der Waals surface area contributed by atoms with Crippen molar-refractivity contribution in [2.75, 3.05) is 31.1 Å². The normalized spacial score (nSPS) is 15.1. The molecule has 1 aliphatic rings. The second-order valence-corrected chi connectivity index (χ2v) is 5.08. The van der Waals surface area contributed by atoms with Gasteiger partial charge in [0.2, 0.25) is 0 Å². The number of pyridine rings is 1. The lowest BCUT2D eigenvalue weighted by atomic mass is 10.2. The van der Waals surface area contributed by atoms with E-state index in [2.05, 4.69) is 19.9 Å². The Hall–Kier alpha value is -2.21. The molecule has 0 spiro atoms. The number of carbonyl (C=O) groups excluding carboxylic acids is 1. The molecule has 0 bridgehead atoms. The quantitative estimate of drug-likeness (QED) is 0.841. The van der Waals surface area contributed by atoms with Gasteiger partial charge >= 0.3 is 0 Å². The van der Waals surface area contributed by atoms with E-state index in [0.717, 1.165) is 18.9 Å². The Bertz CT molecular complexity index is 628. The molecule has 1 saturated heterocycles. The highest BCUT2D eigenvalue weighted by Crippen LogP contribution is 2.14. The first kappa shape index (κ1) is 13.8. The molecular formula is C14H14ClN5O. The Balaban J connectivity index is 1.64. The molecule has 0 atom stereocenters. The van der Waals surface area contributed by atoms with Crippen LogP contribution < -0.4 is 4.90 Å². The molecule has 2 aromatic heterocycles. The van der Waals surface area contributed by atoms with Crippen LogP contribution >= 0.6 is 11.6 Å². The Morgan fingerprint density at radius 1 is 1.14 bits per heavy atom. The fourth-order valence-electron chi connectivity index (χ4n) is 2.29. The molecule has 0 radical (unpaired) electrons. The number of piperazine rings is 1. The summed E-state index contributed by atoms with van der Waals surface area (Å²) in [7, 11) is 0. The predicted molar refractivity (Wildman–Crippen MR) is 79.4 cm³/mol. The first-order valence-corrected chi connectivity index (χ1v) is 7.04. The molecule has 3 heterocycles. The number of amides is 1. The largest absolute Gasteiger partial charge is 0.353 e. The van der Waals surface area contributed by atoms with E-state index in [4.69, 9.17) is 11.6 Å². The molecule has 7 heteroatoms. The Morgan fingerprint density at radius 3 is 2.62 bits per heavy atom. The van der Waals surface area contributed by atoms with Gasteiger partial charge in [-0.3, -0.25) is 9.78 Å². The average Bonchev–Trinajstić information content (AvgIpc) is 2.55. The van der Waals surface area contributed by atoms with Crippen molar-refractivity contribution in [1.82, 2.24) is 19.9 Å². The summed E-state index contributed by atoms with van der Waals surface area (Å²) in [4.78, 5) is 28.5. The third kappa shape index (κ3) is 3.11. The maximum Gasteiger partial charge on any atom is 0.274 e. The maximum absolute atomic E-state index is 12.3. The zero-order valence-corrected chi connectivity index (χ0v) is 12.1. The number of aromatic nitrogens is 3. The van der Waals surface area contributed by atoms with Crippen molar-refractivity contribution in [3.63, 3.8) is 0 Å². The zero-order chi connectivity index (χ0) is 14.7. The molecule has 1 aliphatic heterocycles. The average molecular weight is 304 g/mol. The van der Waals surface area contributed by atoms with Gasteiger partial charge in [-0.1, -0.05) is 17.7 Å². The van der Waals surface area contributed by atoms with Crippen LogP contribution in [0.1, 0.15) is 10.5 Å². The minimum absolute atomic E-state index is 0.134. The second kappa shape index (κ2) is 6.05. The van der Waals surface area contributed by atoms with E-state index in [1.807, 2.05) is 18.2 Å². The molecule has 2 aromatic rings. The number of hydrogen-bond acceptors (Lipinski definition) is 5. The summed E-state index contributed by atoms with van der Waals surface area (Å²) in [5.41, 5.74) is 0.286. The Kier molecular flexibility index (Phi) is 3.96. The fraction of sp³-hybridized carbons (Fsp3) is 0.286. The van der Waals surface area contributed by atoms with Crippen LogP contribution in [0, 0.1) is 0 Å². The van der Waals surface area contributed by atoms with Crippen molar-refractivity contribution in [2.45, 2.75) is 0 Å². The summed E-state index contributed by atoms with van der Waals surface area (Å²) in [6, 6.07) is 5.82. The van der Waals surface area contributed by atoms with Gasteiger partial charge in [0.05, 0.1) is 12.4 Å². The number of carbonyl (C=O) groups is 1. The van der Waals surface area contributed by atoms with Gasteiger partial charge in [0.1, 0.15) is 16.7 Å². The standard InChI is InChI=1S/C14H14ClN5O/c15-12-10-16-9-11(18-12)14(21)20-7-5-19(6-8-20)13-3-1-2-4-17-13/h1-4,9-10H,5-8H2. The maximum atomic E-state index is 12.3. The number of rotatable bonds is 2. The minimum Gasteiger partial charge on any atom is -0.353 e. The molecule has 0 aromatic carbocycles. The number of anilines is 1. The van der Waals surface area contributed by atoms with Gasteiger partial charge < -0.3 is 9.80 Å². The molecule has 0 N–H and O–H groups in total. The molecule has 21 heavy (non-hydrogen) atoms. The summed E-state index contributed by atoms with van der Waals surface area (Å²) in [6.45, 7) is 2.75. The lowest BCUT2D eigenvalue weighted by Gasteiger charge is -2.35. The van der Waals surface area contributed by atoms with Crippen LogP contribution in [0.2, 0.25) is 5.15 Å². The summed E-state index contributed by atoms with van der Waals surface area (Å²) < 4.78 is 0. The smallest absolute Gasteiger partial charge is 0.274 e. The van der Waals surface area contributed by atoms with E-state index >= 15 is 0 Å². The SMILES string of the molecule is O=C(c1cncc(Cl)n1)N1CCN(c2ccccn2)CC1. The molecule has 1 amide bonds. The first-order valence-electron chi connectivity index (χ1n) is 6.67. The molecule has 1 fully saturated rings. The third-order valence-electron chi connectivity index (χ3n) is 3.36. The van der Waals surface area contributed by atoms with E-state index < -0.39 is 0 Å². The van der Waals surface area contributed by atoms with E-state index in [0.29, 0.717) is 13.1 Å². The van der Waals surface area contributed by atoms with Gasteiger partial charge in [0.25, 0.3) is 5.91 Å². The van der Waals surface area contributed by atoms with Gasteiger partial charge in [0.15, 0.2) is 0 Å². The van der Waals surface area contributed by atoms with Crippen LogP contribution in [0.25, 0.3) is 0 Å². The van der Waals surface area contributed by atoms with Crippen LogP contribution in [0.15, 0.2) is 36.8 Å². The van der Waals surface area contributed by atoms with Crippen LogP contribution in [0.4, 0.5) is 5.82 Å². The second-order valence-electron chi connectivity index (χ2n) is 4.69. The highest BCUT2D eigenvalue weighted by atomic mass is 35.5. The lowest BCUT2D eigenvalue weighted by Crippen LogP contribution is -2.49. The van der Waals surface area contributed by atoms with Crippen molar-refractivity contribution in [1.29, 1.82) is 0 Å². The van der Waals surface area contributed by atoms with Gasteiger partial charge in [0, 0.05) is 32.4 Å². The molecule has 0 saturated carbocycles. The number of hydrogen-bond donors (Lipinski definition) is 0. The topological polar surface area (TPSA) is 62.2 Å². The monoisotopic (exact) mass is 303 g/mol. The van der Waals surface area contributed by atoms with Crippen LogP contribution in [-0.2, 0) is 0 Å². The highest BCUT2D eigenvalue weighted by molar-refractivity contribution is 6.29. The number of halogens is 1. The minimum atomic E-state index is -0.134. The Morgan fingerprint density at radius 2 is 1.95 bits per heavy atom. The van der Waals surface area contributed by atoms with Gasteiger partial charge in [-0.2, -0.15) is 0 Å². The molecule has 0 unspecified atom stereocenters. The summed E-state index contributed by atoms with van der Waals surface area (Å²) in [6.07, 6.45) is 4.63. The summed E-state index contributed by atoms with van der Waals surface area (Å²) in [5.74, 6) is 0.804. The molecular weight excluding hydrogens is 290 g/mol. The number of nitrogens with zero attached hydrogens (tertiary/aromatic N) is 5. The van der Waals surface area contributed by atoms with Crippen LogP contribution in [0.3, 0.4) is 0 Å². The molecule has 6 nitrogen and oxygen atoms in total. The first-order chi connectivity index (χ1) is 10.2. The van der Waals surface area contributed by atoms with Crippen molar-refractivity contribution in [2.24, 2.45) is 0 Å². The van der Waals surface area contributed by atoms with Crippen LogP contribution in [-0.4, -0.2) is 51.9 Å². The molecule has 3 rings (SSSR count). The summed E-state index contributed by atoms with van der Waals surface area (Å²) in [5, 5.41) is 0.230. The van der Waals surface area contributed by atoms with Gasteiger partial charge in [-0.05, 0) is 12.1 Å². The zero-order valence-electron chi connectivity index (χ0n) is 11.3. The van der Waals surface area contributed by atoms with E-state index in [1.54, 1.807) is 11.1 Å². The van der Waals surface area contributed by atoms with E-state index in [-0.39, 0.29) is 16.8 Å².